The summed E-state index contributed by atoms with van der Waals surface area (Å²) in [7, 11) is 0. The molecule has 0 aromatic heterocycles. The minimum Gasteiger partial charge on any atom is -0.341 e. The van der Waals surface area contributed by atoms with E-state index in [1.165, 1.54) is 24.0 Å². The van der Waals surface area contributed by atoms with Gasteiger partial charge in [-0.25, -0.2) is 4.79 Å². The average molecular weight is 288 g/mol. The largest absolute Gasteiger partial charge is 0.341 e. The number of carbonyl (C=O) groups is 4. The zero-order chi connectivity index (χ0) is 15.1. The molecule has 3 rings (SSSR count). The van der Waals surface area contributed by atoms with E-state index in [0.717, 1.165) is 0 Å². The van der Waals surface area contributed by atoms with Gasteiger partial charge in [0.2, 0.25) is 5.91 Å². The molecule has 0 aliphatic carbocycles. The molecule has 2 heterocycles. The number of carbonyl (C=O) groups excluding carboxylic acids is 4. The van der Waals surface area contributed by atoms with Gasteiger partial charge in [0.1, 0.15) is 0 Å². The summed E-state index contributed by atoms with van der Waals surface area (Å²) in [5, 5.41) is 0.490. The lowest BCUT2D eigenvalue weighted by Gasteiger charge is -2.36. The van der Waals surface area contributed by atoms with Crippen molar-refractivity contribution >= 4 is 23.7 Å². The van der Waals surface area contributed by atoms with Crippen molar-refractivity contribution < 1.29 is 24.0 Å². The predicted molar refractivity (Wildman–Crippen MR) is 68.8 cm³/mol. The Labute approximate surface area is 120 Å². The molecule has 3 amide bonds. The maximum Gasteiger partial charge on any atom is 0.339 e. The SMILES string of the molecule is CC(=O)N1CC(C(=O)ON2C(=O)c3ccccc3C2=O)C1. The molecule has 2 aliphatic heterocycles. The summed E-state index contributed by atoms with van der Waals surface area (Å²) >= 11 is 0. The van der Waals surface area contributed by atoms with Gasteiger partial charge in [-0.15, -0.1) is 0 Å². The lowest BCUT2D eigenvalue weighted by atomic mass is 10.0. The second-order valence-electron chi connectivity index (χ2n) is 4.98. The number of nitrogens with zero attached hydrogens (tertiary/aromatic N) is 2. The van der Waals surface area contributed by atoms with E-state index in [1.54, 1.807) is 12.1 Å². The highest BCUT2D eigenvalue weighted by atomic mass is 16.7. The molecule has 7 nitrogen and oxygen atoms in total. The first kappa shape index (κ1) is 13.3. The number of hydrogen-bond acceptors (Lipinski definition) is 5. The standard InChI is InChI=1S/C14H12N2O5/c1-8(17)15-6-9(7-15)14(20)21-16-12(18)10-4-2-3-5-11(10)13(16)19/h2-5,9H,6-7H2,1H3. The summed E-state index contributed by atoms with van der Waals surface area (Å²) < 4.78 is 0. The number of benzene rings is 1. The van der Waals surface area contributed by atoms with Gasteiger partial charge >= 0.3 is 5.97 Å². The summed E-state index contributed by atoms with van der Waals surface area (Å²) in [5.74, 6) is -2.60. The summed E-state index contributed by atoms with van der Waals surface area (Å²) in [6, 6.07) is 6.27. The maximum atomic E-state index is 12.0. The van der Waals surface area contributed by atoms with Gasteiger partial charge in [0, 0.05) is 20.0 Å². The third-order valence-corrected chi connectivity index (χ3v) is 3.60. The van der Waals surface area contributed by atoms with E-state index in [0.29, 0.717) is 5.06 Å². The second kappa shape index (κ2) is 4.69. The number of rotatable bonds is 2. The van der Waals surface area contributed by atoms with Crippen LogP contribution in [0.3, 0.4) is 0 Å². The van der Waals surface area contributed by atoms with Crippen LogP contribution in [0.25, 0.3) is 0 Å². The highest BCUT2D eigenvalue weighted by Crippen LogP contribution is 2.24. The van der Waals surface area contributed by atoms with Crippen LogP contribution in [0.2, 0.25) is 0 Å². The van der Waals surface area contributed by atoms with E-state index >= 15 is 0 Å². The summed E-state index contributed by atoms with van der Waals surface area (Å²) in [6.07, 6.45) is 0. The topological polar surface area (TPSA) is 84.0 Å². The van der Waals surface area contributed by atoms with E-state index in [9.17, 15) is 19.2 Å². The molecule has 0 bridgehead atoms. The van der Waals surface area contributed by atoms with E-state index in [4.69, 9.17) is 4.84 Å². The first-order valence-corrected chi connectivity index (χ1v) is 6.44. The van der Waals surface area contributed by atoms with E-state index in [2.05, 4.69) is 0 Å². The fourth-order valence-corrected chi connectivity index (χ4v) is 2.30. The smallest absolute Gasteiger partial charge is 0.339 e. The molecule has 0 saturated carbocycles. The molecule has 0 spiro atoms. The summed E-state index contributed by atoms with van der Waals surface area (Å²) in [6.45, 7) is 1.90. The van der Waals surface area contributed by atoms with Gasteiger partial charge in [0.25, 0.3) is 11.8 Å². The first-order valence-electron chi connectivity index (χ1n) is 6.44. The van der Waals surface area contributed by atoms with Crippen molar-refractivity contribution in [1.82, 2.24) is 9.96 Å². The quantitative estimate of drug-likeness (QED) is 0.727. The summed E-state index contributed by atoms with van der Waals surface area (Å²) in [5.41, 5.74) is 0.434. The van der Waals surface area contributed by atoms with E-state index < -0.39 is 23.7 Å². The number of likely N-dealkylation sites (tertiary alicyclic amines) is 1. The summed E-state index contributed by atoms with van der Waals surface area (Å²) in [4.78, 5) is 53.3. The maximum absolute atomic E-state index is 12.0. The molecular weight excluding hydrogens is 276 g/mol. The zero-order valence-corrected chi connectivity index (χ0v) is 11.2. The van der Waals surface area contributed by atoms with Crippen molar-refractivity contribution in [3.8, 4) is 0 Å². The van der Waals surface area contributed by atoms with Crippen LogP contribution in [0.4, 0.5) is 0 Å². The van der Waals surface area contributed by atoms with Crippen molar-refractivity contribution in [3.63, 3.8) is 0 Å². The number of amides is 3. The van der Waals surface area contributed by atoms with Gasteiger partial charge in [-0.2, -0.15) is 0 Å². The predicted octanol–water partition coefficient (Wildman–Crippen LogP) is 0.219. The molecule has 1 aromatic carbocycles. The molecule has 1 saturated heterocycles. The Morgan fingerprint density at radius 1 is 1.10 bits per heavy atom. The number of fused-ring (bicyclic) bond motifs is 1. The Bertz CT molecular complexity index is 628. The minimum absolute atomic E-state index is 0.125. The Balaban J connectivity index is 1.67. The Morgan fingerprint density at radius 3 is 2.10 bits per heavy atom. The number of hydroxylamine groups is 2. The van der Waals surface area contributed by atoms with E-state index in [1.807, 2.05) is 0 Å². The Hall–Kier alpha value is -2.70. The van der Waals surface area contributed by atoms with Crippen LogP contribution in [0, 0.1) is 5.92 Å². The van der Waals surface area contributed by atoms with Crippen LogP contribution in [0.15, 0.2) is 24.3 Å². The average Bonchev–Trinajstić information content (AvgIpc) is 2.62. The molecule has 0 radical (unpaired) electrons. The van der Waals surface area contributed by atoms with Gasteiger partial charge in [-0.05, 0) is 12.1 Å². The molecule has 1 aromatic rings. The normalized spacial score (nSPS) is 17.6. The molecular formula is C14H12N2O5. The fraction of sp³-hybridized carbons (Fsp3) is 0.286. The van der Waals surface area contributed by atoms with Crippen LogP contribution in [0.5, 0.6) is 0 Å². The first-order chi connectivity index (χ1) is 9.99. The zero-order valence-electron chi connectivity index (χ0n) is 11.2. The van der Waals surface area contributed by atoms with Gasteiger partial charge < -0.3 is 9.74 Å². The molecule has 0 unspecified atom stereocenters. The van der Waals surface area contributed by atoms with Crippen molar-refractivity contribution in [1.29, 1.82) is 0 Å². The monoisotopic (exact) mass is 288 g/mol. The lowest BCUT2D eigenvalue weighted by molar-refractivity contribution is -0.180. The van der Waals surface area contributed by atoms with Crippen molar-refractivity contribution in [2.24, 2.45) is 5.92 Å². The highest BCUT2D eigenvalue weighted by Gasteiger charge is 2.42. The minimum atomic E-state index is -0.679. The number of imide groups is 1. The second-order valence-corrected chi connectivity index (χ2v) is 4.98. The highest BCUT2D eigenvalue weighted by molar-refractivity contribution is 6.20. The molecule has 2 aliphatic rings. The molecule has 0 N–H and O–H groups in total. The molecule has 0 atom stereocenters. The Morgan fingerprint density at radius 2 is 1.62 bits per heavy atom. The van der Waals surface area contributed by atoms with Gasteiger partial charge in [-0.1, -0.05) is 17.2 Å². The van der Waals surface area contributed by atoms with Crippen LogP contribution in [-0.4, -0.2) is 46.7 Å². The van der Waals surface area contributed by atoms with Crippen LogP contribution in [-0.2, 0) is 14.4 Å². The van der Waals surface area contributed by atoms with Gasteiger partial charge in [-0.3, -0.25) is 14.4 Å². The third-order valence-electron chi connectivity index (χ3n) is 3.60. The molecule has 1 fully saturated rings. The molecule has 21 heavy (non-hydrogen) atoms. The van der Waals surface area contributed by atoms with Gasteiger partial charge in [0.15, 0.2) is 0 Å². The van der Waals surface area contributed by atoms with Crippen molar-refractivity contribution in [2.75, 3.05) is 13.1 Å². The van der Waals surface area contributed by atoms with Crippen LogP contribution >= 0.6 is 0 Å². The van der Waals surface area contributed by atoms with Crippen LogP contribution in [0.1, 0.15) is 27.6 Å². The van der Waals surface area contributed by atoms with Crippen LogP contribution < -0.4 is 0 Å². The lowest BCUT2D eigenvalue weighted by Crippen LogP contribution is -2.53. The van der Waals surface area contributed by atoms with Gasteiger partial charge in [0.05, 0.1) is 17.0 Å². The van der Waals surface area contributed by atoms with Crippen molar-refractivity contribution in [3.05, 3.63) is 35.4 Å². The fourth-order valence-electron chi connectivity index (χ4n) is 2.30. The van der Waals surface area contributed by atoms with E-state index in [-0.39, 0.29) is 30.1 Å². The van der Waals surface area contributed by atoms with Crippen molar-refractivity contribution in [2.45, 2.75) is 6.92 Å². The number of hydrogen-bond donors (Lipinski definition) is 0. The molecule has 7 heteroatoms. The molecule has 108 valence electrons. The third kappa shape index (κ3) is 2.06. The Kier molecular flexibility index (Phi) is 2.97.